The molecule has 23 heavy (non-hydrogen) atoms. The fourth-order valence-electron chi connectivity index (χ4n) is 3.50. The van der Waals surface area contributed by atoms with E-state index in [0.29, 0.717) is 0 Å². The molecule has 0 atom stereocenters. The molecule has 2 aromatic carbocycles. The SMILES string of the molecule is Cc1cc(C)c(CN2CCN(c3ccc([O])cc3)CC2)c(C)c1. The summed E-state index contributed by atoms with van der Waals surface area (Å²) in [5.74, 6) is 0.0812. The molecule has 0 saturated carbocycles. The average molecular weight is 309 g/mol. The summed E-state index contributed by atoms with van der Waals surface area (Å²) in [6, 6.07) is 11.7. The van der Waals surface area contributed by atoms with Gasteiger partial charge >= 0.3 is 0 Å². The van der Waals surface area contributed by atoms with Crippen molar-refractivity contribution in [3.05, 3.63) is 58.7 Å². The maximum atomic E-state index is 11.2. The van der Waals surface area contributed by atoms with Crippen molar-refractivity contribution in [2.75, 3.05) is 31.1 Å². The molecule has 0 N–H and O–H groups in total. The second-order valence-corrected chi connectivity index (χ2v) is 6.63. The van der Waals surface area contributed by atoms with Gasteiger partial charge in [-0.2, -0.15) is 0 Å². The van der Waals surface area contributed by atoms with E-state index < -0.39 is 0 Å². The Balaban J connectivity index is 1.62. The molecular weight excluding hydrogens is 284 g/mol. The lowest BCUT2D eigenvalue weighted by Gasteiger charge is -2.36. The number of piperazine rings is 1. The summed E-state index contributed by atoms with van der Waals surface area (Å²) in [5.41, 5.74) is 6.77. The van der Waals surface area contributed by atoms with Crippen LogP contribution in [0.2, 0.25) is 0 Å². The zero-order chi connectivity index (χ0) is 16.4. The van der Waals surface area contributed by atoms with Crippen molar-refractivity contribution in [1.29, 1.82) is 0 Å². The van der Waals surface area contributed by atoms with Gasteiger partial charge in [-0.3, -0.25) is 10.0 Å². The second kappa shape index (κ2) is 6.63. The first-order valence-electron chi connectivity index (χ1n) is 8.34. The van der Waals surface area contributed by atoms with Gasteiger partial charge in [0.15, 0.2) is 5.75 Å². The maximum absolute atomic E-state index is 11.2. The van der Waals surface area contributed by atoms with E-state index in [1.165, 1.54) is 22.3 Å². The van der Waals surface area contributed by atoms with Crippen LogP contribution in [0.25, 0.3) is 0 Å². The topological polar surface area (TPSA) is 26.4 Å². The molecule has 0 aliphatic carbocycles. The highest BCUT2D eigenvalue weighted by molar-refractivity contribution is 5.49. The predicted octanol–water partition coefficient (Wildman–Crippen LogP) is 4.08. The van der Waals surface area contributed by atoms with Crippen molar-refractivity contribution in [3.8, 4) is 5.75 Å². The Morgan fingerprint density at radius 1 is 0.870 bits per heavy atom. The van der Waals surface area contributed by atoms with E-state index in [4.69, 9.17) is 0 Å². The van der Waals surface area contributed by atoms with Crippen LogP contribution in [0.4, 0.5) is 5.69 Å². The van der Waals surface area contributed by atoms with Gasteiger partial charge in [-0.15, -0.1) is 0 Å². The second-order valence-electron chi connectivity index (χ2n) is 6.63. The number of anilines is 1. The van der Waals surface area contributed by atoms with Gasteiger partial charge < -0.3 is 4.90 Å². The molecule has 0 spiro atoms. The van der Waals surface area contributed by atoms with E-state index in [1.54, 1.807) is 12.1 Å². The molecule has 1 aliphatic rings. The lowest BCUT2D eigenvalue weighted by atomic mass is 9.99. The molecule has 0 unspecified atom stereocenters. The molecule has 3 heteroatoms. The summed E-state index contributed by atoms with van der Waals surface area (Å²) in [6.07, 6.45) is 0. The Kier molecular flexibility index (Phi) is 4.58. The van der Waals surface area contributed by atoms with Crippen LogP contribution in [0, 0.1) is 20.8 Å². The summed E-state index contributed by atoms with van der Waals surface area (Å²) in [5, 5.41) is 11.2. The minimum absolute atomic E-state index is 0.0812. The smallest absolute Gasteiger partial charge is 0.178 e. The molecule has 2 aromatic rings. The number of aryl methyl sites for hydroxylation is 3. The molecule has 1 saturated heterocycles. The van der Waals surface area contributed by atoms with Gasteiger partial charge in [0, 0.05) is 38.4 Å². The molecule has 1 heterocycles. The number of hydrogen-bond donors (Lipinski definition) is 0. The molecular formula is C20H25N2O. The van der Waals surface area contributed by atoms with Crippen molar-refractivity contribution in [2.45, 2.75) is 27.3 Å². The molecule has 3 nitrogen and oxygen atoms in total. The van der Waals surface area contributed by atoms with Gasteiger partial charge in [-0.05, 0) is 61.7 Å². The van der Waals surface area contributed by atoms with Crippen LogP contribution in [0.15, 0.2) is 36.4 Å². The Labute approximate surface area is 139 Å². The zero-order valence-corrected chi connectivity index (χ0v) is 14.3. The number of nitrogens with zero attached hydrogens (tertiary/aromatic N) is 2. The van der Waals surface area contributed by atoms with Crippen molar-refractivity contribution < 1.29 is 5.11 Å². The van der Waals surface area contributed by atoms with E-state index in [-0.39, 0.29) is 5.75 Å². The Morgan fingerprint density at radius 2 is 1.43 bits per heavy atom. The van der Waals surface area contributed by atoms with Crippen LogP contribution in [0.5, 0.6) is 5.75 Å². The molecule has 121 valence electrons. The maximum Gasteiger partial charge on any atom is 0.178 e. The van der Waals surface area contributed by atoms with Gasteiger partial charge in [0.25, 0.3) is 0 Å². The minimum Gasteiger partial charge on any atom is -0.369 e. The first-order chi connectivity index (χ1) is 11.0. The fraction of sp³-hybridized carbons (Fsp3) is 0.400. The highest BCUT2D eigenvalue weighted by Gasteiger charge is 2.18. The van der Waals surface area contributed by atoms with Gasteiger partial charge in [-0.25, -0.2) is 0 Å². The van der Waals surface area contributed by atoms with Crippen molar-refractivity contribution in [1.82, 2.24) is 4.90 Å². The summed E-state index contributed by atoms with van der Waals surface area (Å²) in [4.78, 5) is 4.90. The molecule has 0 aromatic heterocycles. The first-order valence-corrected chi connectivity index (χ1v) is 8.34. The Morgan fingerprint density at radius 3 is 2.00 bits per heavy atom. The van der Waals surface area contributed by atoms with Gasteiger partial charge in [0.1, 0.15) is 0 Å². The van der Waals surface area contributed by atoms with Crippen molar-refractivity contribution >= 4 is 5.69 Å². The largest absolute Gasteiger partial charge is 0.369 e. The quantitative estimate of drug-likeness (QED) is 0.854. The molecule has 1 radical (unpaired) electrons. The van der Waals surface area contributed by atoms with E-state index >= 15 is 0 Å². The number of rotatable bonds is 3. The molecule has 3 rings (SSSR count). The standard InChI is InChI=1S/C20H25N2O/c1-15-12-16(2)20(17(3)13-15)14-21-8-10-22(11-9-21)18-4-6-19(23)7-5-18/h4-7,12-13H,8-11,14H2,1-3H3. The monoisotopic (exact) mass is 309 g/mol. The predicted molar refractivity (Wildman–Crippen MR) is 94.7 cm³/mol. The molecule has 0 amide bonds. The third kappa shape index (κ3) is 3.67. The van der Waals surface area contributed by atoms with Crippen LogP contribution < -0.4 is 4.90 Å². The van der Waals surface area contributed by atoms with Crippen molar-refractivity contribution in [2.24, 2.45) is 0 Å². The van der Waals surface area contributed by atoms with E-state index in [1.807, 2.05) is 12.1 Å². The fourth-order valence-corrected chi connectivity index (χ4v) is 3.50. The van der Waals surface area contributed by atoms with Gasteiger partial charge in [-0.1, -0.05) is 17.7 Å². The highest BCUT2D eigenvalue weighted by atomic mass is 16.3. The van der Waals surface area contributed by atoms with E-state index in [0.717, 1.165) is 38.4 Å². The zero-order valence-electron chi connectivity index (χ0n) is 14.3. The molecule has 0 bridgehead atoms. The van der Waals surface area contributed by atoms with Crippen LogP contribution in [0.3, 0.4) is 0 Å². The normalized spacial score (nSPS) is 15.9. The Bertz CT molecular complexity index is 648. The first kappa shape index (κ1) is 15.9. The van der Waals surface area contributed by atoms with Gasteiger partial charge in [0.2, 0.25) is 0 Å². The average Bonchev–Trinajstić information content (AvgIpc) is 2.52. The summed E-state index contributed by atoms with van der Waals surface area (Å²) in [6.45, 7) is 11.8. The molecule has 1 fully saturated rings. The van der Waals surface area contributed by atoms with Crippen LogP contribution >= 0.6 is 0 Å². The number of benzene rings is 2. The lowest BCUT2D eigenvalue weighted by Crippen LogP contribution is -2.46. The van der Waals surface area contributed by atoms with E-state index in [2.05, 4.69) is 42.7 Å². The van der Waals surface area contributed by atoms with Crippen molar-refractivity contribution in [3.63, 3.8) is 0 Å². The third-order valence-corrected chi connectivity index (χ3v) is 4.80. The van der Waals surface area contributed by atoms with E-state index in [9.17, 15) is 5.11 Å². The molecule has 1 aliphatic heterocycles. The van der Waals surface area contributed by atoms with Crippen LogP contribution in [0.1, 0.15) is 22.3 Å². The minimum atomic E-state index is 0.0812. The summed E-state index contributed by atoms with van der Waals surface area (Å²) < 4.78 is 0. The number of hydrogen-bond acceptors (Lipinski definition) is 2. The van der Waals surface area contributed by atoms with Crippen LogP contribution in [-0.4, -0.2) is 31.1 Å². The lowest BCUT2D eigenvalue weighted by molar-refractivity contribution is 0.249. The third-order valence-electron chi connectivity index (χ3n) is 4.80. The summed E-state index contributed by atoms with van der Waals surface area (Å²) in [7, 11) is 0. The van der Waals surface area contributed by atoms with Gasteiger partial charge in [0.05, 0.1) is 0 Å². The van der Waals surface area contributed by atoms with Crippen LogP contribution in [-0.2, 0) is 11.7 Å². The Hall–Kier alpha value is -2.00. The summed E-state index contributed by atoms with van der Waals surface area (Å²) >= 11 is 0. The highest BCUT2D eigenvalue weighted by Crippen LogP contribution is 2.22.